The van der Waals surface area contributed by atoms with Gasteiger partial charge in [0.1, 0.15) is 5.82 Å². The molecular weight excluding hydrogens is 274 g/mol. The van der Waals surface area contributed by atoms with Gasteiger partial charge in [-0.05, 0) is 6.42 Å². The second kappa shape index (κ2) is 6.02. The number of nitrogens with zero attached hydrogens (tertiary/aromatic N) is 5. The van der Waals surface area contributed by atoms with Crippen LogP contribution in [-0.4, -0.2) is 35.5 Å². The van der Waals surface area contributed by atoms with Gasteiger partial charge in [-0.25, -0.2) is 19.0 Å². The normalized spacial score (nSPS) is 12.7. The highest BCUT2D eigenvalue weighted by Gasteiger charge is 2.23. The summed E-state index contributed by atoms with van der Waals surface area (Å²) in [6, 6.07) is 0. The van der Waals surface area contributed by atoms with Crippen LogP contribution in [0.3, 0.4) is 0 Å². The summed E-state index contributed by atoms with van der Waals surface area (Å²) in [6.07, 6.45) is 4.05. The number of fused-ring (bicyclic) bond motifs is 1. The molecule has 21 heavy (non-hydrogen) atoms. The Hall–Kier alpha value is -2.25. The molecule has 1 unspecified atom stereocenters. The molecule has 1 atom stereocenters. The third-order valence-electron chi connectivity index (χ3n) is 3.50. The fourth-order valence-electron chi connectivity index (χ4n) is 2.31. The van der Waals surface area contributed by atoms with E-state index in [0.717, 1.165) is 30.4 Å². The van der Waals surface area contributed by atoms with Crippen molar-refractivity contribution in [1.29, 1.82) is 0 Å². The second-order valence-electron chi connectivity index (χ2n) is 5.18. The SMILES string of the molecule is CCCCCC(C)c1nc(C(=O)O)c2nnn(C)c(=O)n12. The van der Waals surface area contributed by atoms with Crippen molar-refractivity contribution in [1.82, 2.24) is 24.4 Å². The maximum absolute atomic E-state index is 12.2. The topological polar surface area (TPSA) is 102 Å². The molecule has 0 aliphatic rings. The van der Waals surface area contributed by atoms with Gasteiger partial charge < -0.3 is 5.11 Å². The van der Waals surface area contributed by atoms with Crippen molar-refractivity contribution in [2.24, 2.45) is 7.05 Å². The zero-order valence-electron chi connectivity index (χ0n) is 12.4. The van der Waals surface area contributed by atoms with Crippen LogP contribution < -0.4 is 5.69 Å². The number of rotatable bonds is 6. The number of imidazole rings is 1. The molecule has 0 saturated carbocycles. The van der Waals surface area contributed by atoms with Crippen LogP contribution in [0.15, 0.2) is 4.79 Å². The maximum atomic E-state index is 12.2. The van der Waals surface area contributed by atoms with E-state index in [1.165, 1.54) is 11.4 Å². The number of aryl methyl sites for hydroxylation is 1. The Kier molecular flexibility index (Phi) is 4.35. The molecule has 1 N–H and O–H groups in total. The second-order valence-corrected chi connectivity index (χ2v) is 5.18. The number of aromatic carboxylic acids is 1. The molecule has 0 aliphatic heterocycles. The molecule has 0 bridgehead atoms. The molecule has 2 aromatic rings. The van der Waals surface area contributed by atoms with Crippen molar-refractivity contribution < 1.29 is 9.90 Å². The lowest BCUT2D eigenvalue weighted by Crippen LogP contribution is -2.29. The molecule has 0 spiro atoms. The Bertz CT molecular complexity index is 718. The van der Waals surface area contributed by atoms with Gasteiger partial charge in [0, 0.05) is 13.0 Å². The number of carbonyl (C=O) groups is 1. The molecule has 8 nitrogen and oxygen atoms in total. The van der Waals surface area contributed by atoms with E-state index in [2.05, 4.69) is 22.2 Å². The predicted molar refractivity (Wildman–Crippen MR) is 75.5 cm³/mol. The predicted octanol–water partition coefficient (Wildman–Crippen LogP) is 1.20. The van der Waals surface area contributed by atoms with E-state index in [-0.39, 0.29) is 17.3 Å². The van der Waals surface area contributed by atoms with Crippen LogP contribution in [0.25, 0.3) is 5.65 Å². The van der Waals surface area contributed by atoms with Gasteiger partial charge >= 0.3 is 11.7 Å². The minimum Gasteiger partial charge on any atom is -0.476 e. The van der Waals surface area contributed by atoms with E-state index >= 15 is 0 Å². The van der Waals surface area contributed by atoms with Crippen molar-refractivity contribution in [2.75, 3.05) is 0 Å². The summed E-state index contributed by atoms with van der Waals surface area (Å²) < 4.78 is 2.33. The molecule has 2 heterocycles. The van der Waals surface area contributed by atoms with Gasteiger partial charge in [0.2, 0.25) is 0 Å². The van der Waals surface area contributed by atoms with Gasteiger partial charge in [-0.1, -0.05) is 38.3 Å². The molecule has 2 aromatic heterocycles. The van der Waals surface area contributed by atoms with E-state index in [0.29, 0.717) is 5.82 Å². The summed E-state index contributed by atoms with van der Waals surface area (Å²) in [5, 5.41) is 16.6. The first-order valence-electron chi connectivity index (χ1n) is 7.03. The summed E-state index contributed by atoms with van der Waals surface area (Å²) in [5.41, 5.74) is -0.655. The minimum atomic E-state index is -1.21. The monoisotopic (exact) mass is 293 g/mol. The molecule has 0 fully saturated rings. The fourth-order valence-corrected chi connectivity index (χ4v) is 2.31. The number of hydrogen-bond donors (Lipinski definition) is 1. The maximum Gasteiger partial charge on any atom is 0.358 e. The first kappa shape index (κ1) is 15.1. The number of carboxylic acids is 1. The van der Waals surface area contributed by atoms with Crippen LogP contribution in [0.2, 0.25) is 0 Å². The Morgan fingerprint density at radius 3 is 2.71 bits per heavy atom. The van der Waals surface area contributed by atoms with E-state index in [1.807, 2.05) is 6.92 Å². The van der Waals surface area contributed by atoms with Gasteiger partial charge in [0.25, 0.3) is 0 Å². The first-order valence-corrected chi connectivity index (χ1v) is 7.03. The summed E-state index contributed by atoms with van der Waals surface area (Å²) in [5.74, 6) is -0.787. The lowest BCUT2D eigenvalue weighted by Gasteiger charge is -2.09. The quantitative estimate of drug-likeness (QED) is 0.803. The zero-order chi connectivity index (χ0) is 15.6. The van der Waals surface area contributed by atoms with Crippen LogP contribution in [0.1, 0.15) is 61.8 Å². The van der Waals surface area contributed by atoms with Crippen LogP contribution >= 0.6 is 0 Å². The third kappa shape index (κ3) is 2.79. The number of carboxylic acid groups (broad SMARTS) is 1. The minimum absolute atomic E-state index is 0.00272. The highest BCUT2D eigenvalue weighted by atomic mass is 16.4. The lowest BCUT2D eigenvalue weighted by molar-refractivity contribution is 0.0692. The molecule has 8 heteroatoms. The van der Waals surface area contributed by atoms with Crippen LogP contribution in [0, 0.1) is 0 Å². The van der Waals surface area contributed by atoms with Gasteiger partial charge in [-0.3, -0.25) is 0 Å². The molecule has 0 radical (unpaired) electrons. The number of aromatic nitrogens is 5. The Balaban J connectivity index is 2.54. The molecule has 114 valence electrons. The Morgan fingerprint density at radius 2 is 2.10 bits per heavy atom. The van der Waals surface area contributed by atoms with Crippen molar-refractivity contribution in [3.05, 3.63) is 22.0 Å². The smallest absolute Gasteiger partial charge is 0.358 e. The summed E-state index contributed by atoms with van der Waals surface area (Å²) in [4.78, 5) is 27.6. The highest BCUT2D eigenvalue weighted by Crippen LogP contribution is 2.22. The highest BCUT2D eigenvalue weighted by molar-refractivity contribution is 5.92. The molecular formula is C13H19N5O3. The largest absolute Gasteiger partial charge is 0.476 e. The van der Waals surface area contributed by atoms with Gasteiger partial charge in [-0.15, -0.1) is 5.10 Å². The summed E-state index contributed by atoms with van der Waals surface area (Å²) >= 11 is 0. The molecule has 0 amide bonds. The van der Waals surface area contributed by atoms with E-state index in [4.69, 9.17) is 0 Å². The first-order chi connectivity index (χ1) is 9.97. The van der Waals surface area contributed by atoms with E-state index in [9.17, 15) is 14.7 Å². The van der Waals surface area contributed by atoms with Crippen molar-refractivity contribution >= 4 is 11.6 Å². The summed E-state index contributed by atoms with van der Waals surface area (Å²) in [6.45, 7) is 4.05. The molecule has 0 saturated heterocycles. The van der Waals surface area contributed by atoms with E-state index in [1.54, 1.807) is 0 Å². The average Bonchev–Trinajstić information content (AvgIpc) is 2.83. The molecule has 0 aliphatic carbocycles. The van der Waals surface area contributed by atoms with Crippen molar-refractivity contribution in [3.8, 4) is 0 Å². The zero-order valence-corrected chi connectivity index (χ0v) is 12.4. The molecule has 2 rings (SSSR count). The number of unbranched alkanes of at least 4 members (excludes halogenated alkanes) is 2. The van der Waals surface area contributed by atoms with E-state index < -0.39 is 11.7 Å². The van der Waals surface area contributed by atoms with Gasteiger partial charge in [0.15, 0.2) is 11.3 Å². The average molecular weight is 293 g/mol. The van der Waals surface area contributed by atoms with Crippen LogP contribution in [-0.2, 0) is 7.05 Å². The Morgan fingerprint density at radius 1 is 1.38 bits per heavy atom. The molecule has 0 aromatic carbocycles. The fraction of sp³-hybridized carbons (Fsp3) is 0.615. The van der Waals surface area contributed by atoms with Crippen LogP contribution in [0.4, 0.5) is 0 Å². The van der Waals surface area contributed by atoms with Crippen molar-refractivity contribution in [2.45, 2.75) is 45.4 Å². The Labute approximate surface area is 121 Å². The van der Waals surface area contributed by atoms with Crippen molar-refractivity contribution in [3.63, 3.8) is 0 Å². The lowest BCUT2D eigenvalue weighted by atomic mass is 10.0. The van der Waals surface area contributed by atoms with Gasteiger partial charge in [-0.2, -0.15) is 4.68 Å². The number of hydrogen-bond acceptors (Lipinski definition) is 5. The summed E-state index contributed by atoms with van der Waals surface area (Å²) in [7, 11) is 1.47. The van der Waals surface area contributed by atoms with Gasteiger partial charge in [0.05, 0.1) is 0 Å². The standard InChI is InChI=1S/C13H19N5O3/c1-4-5-6-7-8(2)10-14-9(12(19)20)11-15-16-17(3)13(21)18(10)11/h8H,4-7H2,1-3H3,(H,19,20). The van der Waals surface area contributed by atoms with Crippen LogP contribution in [0.5, 0.6) is 0 Å². The third-order valence-corrected chi connectivity index (χ3v) is 3.50.